The topological polar surface area (TPSA) is 35.2 Å². The predicted octanol–water partition coefficient (Wildman–Crippen LogP) is 3.00. The number of ether oxygens (including phenoxy) is 1. The van der Waals surface area contributed by atoms with Crippen LogP contribution in [0.2, 0.25) is 0 Å². The zero-order valence-corrected chi connectivity index (χ0v) is 10.0. The van der Waals surface area contributed by atoms with Gasteiger partial charge in [-0.15, -0.1) is 0 Å². The fourth-order valence-electron chi connectivity index (χ4n) is 1.77. The lowest BCUT2D eigenvalue weighted by molar-refractivity contribution is 0.329. The van der Waals surface area contributed by atoms with Gasteiger partial charge in [-0.1, -0.05) is 42.5 Å². The summed E-state index contributed by atoms with van der Waals surface area (Å²) in [7, 11) is 0. The summed E-state index contributed by atoms with van der Waals surface area (Å²) in [5, 5.41) is 0. The first-order chi connectivity index (χ1) is 8.31. The van der Waals surface area contributed by atoms with E-state index in [9.17, 15) is 0 Å². The van der Waals surface area contributed by atoms with Crippen LogP contribution in [0.15, 0.2) is 48.5 Å². The molecule has 0 aromatic heterocycles. The van der Waals surface area contributed by atoms with Crippen LogP contribution >= 0.6 is 0 Å². The summed E-state index contributed by atoms with van der Waals surface area (Å²) in [6.45, 7) is 3.13. The van der Waals surface area contributed by atoms with Crippen molar-refractivity contribution < 1.29 is 4.74 Å². The van der Waals surface area contributed by atoms with Crippen molar-refractivity contribution in [2.24, 2.45) is 5.73 Å². The van der Waals surface area contributed by atoms with E-state index in [0.717, 1.165) is 11.3 Å². The summed E-state index contributed by atoms with van der Waals surface area (Å²) in [6, 6.07) is 16.5. The maximum atomic E-state index is 5.70. The van der Waals surface area contributed by atoms with Crippen LogP contribution in [0.4, 0.5) is 0 Å². The standard InChI is InChI=1S/C15H17NO/c1-12-7-8-14(13-5-3-2-4-6-13)15(11-12)17-10-9-16/h2-8,11H,9-10,16H2,1H3. The summed E-state index contributed by atoms with van der Waals surface area (Å²) < 4.78 is 5.70. The predicted molar refractivity (Wildman–Crippen MR) is 71.2 cm³/mol. The maximum absolute atomic E-state index is 5.70. The van der Waals surface area contributed by atoms with Crippen molar-refractivity contribution in [2.75, 3.05) is 13.2 Å². The molecule has 0 spiro atoms. The zero-order valence-electron chi connectivity index (χ0n) is 10.0. The highest BCUT2D eigenvalue weighted by Crippen LogP contribution is 2.30. The summed E-state index contributed by atoms with van der Waals surface area (Å²) in [5.41, 5.74) is 8.95. The highest BCUT2D eigenvalue weighted by Gasteiger charge is 2.05. The molecule has 0 fully saturated rings. The molecule has 2 aromatic rings. The summed E-state index contributed by atoms with van der Waals surface area (Å²) in [5.74, 6) is 0.904. The third-order valence-corrected chi connectivity index (χ3v) is 2.60. The van der Waals surface area contributed by atoms with E-state index in [0.29, 0.717) is 13.2 Å². The molecule has 2 rings (SSSR count). The van der Waals surface area contributed by atoms with E-state index < -0.39 is 0 Å². The number of benzene rings is 2. The van der Waals surface area contributed by atoms with Crippen LogP contribution in [0, 0.1) is 6.92 Å². The third-order valence-electron chi connectivity index (χ3n) is 2.60. The highest BCUT2D eigenvalue weighted by atomic mass is 16.5. The van der Waals surface area contributed by atoms with Gasteiger partial charge in [-0.3, -0.25) is 0 Å². The average Bonchev–Trinajstić information content (AvgIpc) is 2.37. The Morgan fingerprint density at radius 1 is 1.06 bits per heavy atom. The van der Waals surface area contributed by atoms with Gasteiger partial charge in [0.05, 0.1) is 0 Å². The van der Waals surface area contributed by atoms with Gasteiger partial charge in [0, 0.05) is 12.1 Å². The van der Waals surface area contributed by atoms with Crippen molar-refractivity contribution in [2.45, 2.75) is 6.92 Å². The van der Waals surface area contributed by atoms with E-state index in [4.69, 9.17) is 10.5 Å². The lowest BCUT2D eigenvalue weighted by Gasteiger charge is -2.12. The lowest BCUT2D eigenvalue weighted by Crippen LogP contribution is -2.11. The number of rotatable bonds is 4. The van der Waals surface area contributed by atoms with Gasteiger partial charge in [-0.25, -0.2) is 0 Å². The molecule has 88 valence electrons. The first-order valence-electron chi connectivity index (χ1n) is 5.80. The molecule has 0 saturated heterocycles. The van der Waals surface area contributed by atoms with Crippen molar-refractivity contribution >= 4 is 0 Å². The van der Waals surface area contributed by atoms with Crippen molar-refractivity contribution in [3.8, 4) is 16.9 Å². The van der Waals surface area contributed by atoms with Gasteiger partial charge in [-0.2, -0.15) is 0 Å². The van der Waals surface area contributed by atoms with Crippen LogP contribution in [-0.4, -0.2) is 13.2 Å². The van der Waals surface area contributed by atoms with Crippen LogP contribution in [0.25, 0.3) is 11.1 Å². The minimum absolute atomic E-state index is 0.530. The van der Waals surface area contributed by atoms with E-state index in [1.807, 2.05) is 18.2 Å². The van der Waals surface area contributed by atoms with Gasteiger partial charge in [0.25, 0.3) is 0 Å². The second kappa shape index (κ2) is 5.51. The Morgan fingerprint density at radius 2 is 1.82 bits per heavy atom. The molecule has 0 aliphatic heterocycles. The minimum atomic E-state index is 0.530. The Balaban J connectivity index is 2.39. The SMILES string of the molecule is Cc1ccc(-c2ccccc2)c(OCCN)c1. The summed E-state index contributed by atoms with van der Waals surface area (Å²) in [4.78, 5) is 0. The normalized spacial score (nSPS) is 10.2. The van der Waals surface area contributed by atoms with E-state index in [-0.39, 0.29) is 0 Å². The first kappa shape index (κ1) is 11.7. The third kappa shape index (κ3) is 2.86. The van der Waals surface area contributed by atoms with Gasteiger partial charge in [0.15, 0.2) is 0 Å². The molecule has 2 heteroatoms. The molecule has 2 N–H and O–H groups in total. The Morgan fingerprint density at radius 3 is 2.53 bits per heavy atom. The second-order valence-corrected chi connectivity index (χ2v) is 4.00. The Labute approximate surface area is 102 Å². The molecule has 0 aliphatic carbocycles. The summed E-state index contributed by atoms with van der Waals surface area (Å²) >= 11 is 0. The van der Waals surface area contributed by atoms with E-state index in [2.05, 4.69) is 37.3 Å². The molecule has 2 nitrogen and oxygen atoms in total. The van der Waals surface area contributed by atoms with Gasteiger partial charge >= 0.3 is 0 Å². The van der Waals surface area contributed by atoms with Gasteiger partial charge in [-0.05, 0) is 24.1 Å². The van der Waals surface area contributed by atoms with Crippen LogP contribution < -0.4 is 10.5 Å². The van der Waals surface area contributed by atoms with Crippen molar-refractivity contribution in [3.63, 3.8) is 0 Å². The lowest BCUT2D eigenvalue weighted by atomic mass is 10.0. The smallest absolute Gasteiger partial charge is 0.127 e. The van der Waals surface area contributed by atoms with E-state index in [1.165, 1.54) is 11.1 Å². The van der Waals surface area contributed by atoms with Crippen molar-refractivity contribution in [3.05, 3.63) is 54.1 Å². The molecule has 2 aromatic carbocycles. The Bertz CT molecular complexity index is 480. The summed E-state index contributed by atoms with van der Waals surface area (Å²) in [6.07, 6.45) is 0. The Hall–Kier alpha value is -1.80. The van der Waals surface area contributed by atoms with Crippen LogP contribution in [0.3, 0.4) is 0 Å². The van der Waals surface area contributed by atoms with Crippen molar-refractivity contribution in [1.82, 2.24) is 0 Å². The second-order valence-electron chi connectivity index (χ2n) is 4.00. The molecule has 0 amide bonds. The Kier molecular flexibility index (Phi) is 3.78. The molecule has 0 atom stereocenters. The van der Waals surface area contributed by atoms with Crippen molar-refractivity contribution in [1.29, 1.82) is 0 Å². The molecule has 17 heavy (non-hydrogen) atoms. The quantitative estimate of drug-likeness (QED) is 0.871. The number of nitrogens with two attached hydrogens (primary N) is 1. The number of hydrogen-bond acceptors (Lipinski definition) is 2. The molecule has 0 unspecified atom stereocenters. The minimum Gasteiger partial charge on any atom is -0.492 e. The largest absolute Gasteiger partial charge is 0.492 e. The monoisotopic (exact) mass is 227 g/mol. The van der Waals surface area contributed by atoms with E-state index >= 15 is 0 Å². The molecule has 0 heterocycles. The van der Waals surface area contributed by atoms with Crippen LogP contribution in [0.1, 0.15) is 5.56 Å². The first-order valence-corrected chi connectivity index (χ1v) is 5.80. The van der Waals surface area contributed by atoms with Crippen LogP contribution in [0.5, 0.6) is 5.75 Å². The fourth-order valence-corrected chi connectivity index (χ4v) is 1.77. The van der Waals surface area contributed by atoms with E-state index in [1.54, 1.807) is 0 Å². The number of hydrogen-bond donors (Lipinski definition) is 1. The molecular formula is C15H17NO. The van der Waals surface area contributed by atoms with Gasteiger partial charge in [0.2, 0.25) is 0 Å². The molecule has 0 saturated carbocycles. The average molecular weight is 227 g/mol. The highest BCUT2D eigenvalue weighted by molar-refractivity contribution is 5.70. The maximum Gasteiger partial charge on any atom is 0.127 e. The molecular weight excluding hydrogens is 210 g/mol. The molecule has 0 aliphatic rings. The molecule has 0 radical (unpaired) electrons. The zero-order chi connectivity index (χ0) is 12.1. The van der Waals surface area contributed by atoms with Gasteiger partial charge in [0.1, 0.15) is 12.4 Å². The fraction of sp³-hybridized carbons (Fsp3) is 0.200. The van der Waals surface area contributed by atoms with Crippen LogP contribution in [-0.2, 0) is 0 Å². The number of aryl methyl sites for hydroxylation is 1. The van der Waals surface area contributed by atoms with Gasteiger partial charge < -0.3 is 10.5 Å². The molecule has 0 bridgehead atoms.